The number of nitrogens with zero attached hydrogens (tertiary/aromatic N) is 2. The number of aromatic nitrogens is 1. The molecule has 2 aliphatic rings. The quantitative estimate of drug-likeness (QED) is 0.854. The second kappa shape index (κ2) is 3.01. The highest BCUT2D eigenvalue weighted by atomic mass is 16.4. The zero-order valence-corrected chi connectivity index (χ0v) is 9.47. The van der Waals surface area contributed by atoms with Crippen molar-refractivity contribution in [3.63, 3.8) is 0 Å². The van der Waals surface area contributed by atoms with Gasteiger partial charge in [-0.3, -0.25) is 0 Å². The normalized spacial score (nSPS) is 22.8. The molecular weight excluding hydrogens is 216 g/mol. The monoisotopic (exact) mass is 230 g/mol. The maximum atomic E-state index is 10.2. The molecule has 1 saturated carbocycles. The molecular formula is C13H14N2O2. The van der Waals surface area contributed by atoms with Crippen LogP contribution in [0.5, 0.6) is 0 Å². The Balaban J connectivity index is 1.60. The van der Waals surface area contributed by atoms with Gasteiger partial charge in [0.05, 0.1) is 13.1 Å². The summed E-state index contributed by atoms with van der Waals surface area (Å²) in [6.07, 6.45) is 2.33. The summed E-state index contributed by atoms with van der Waals surface area (Å²) in [5.41, 5.74) is 1.20. The summed E-state index contributed by atoms with van der Waals surface area (Å²) in [6, 6.07) is 8.38. The van der Waals surface area contributed by atoms with Gasteiger partial charge in [0.2, 0.25) is 0 Å². The fourth-order valence-electron chi connectivity index (χ4n) is 2.62. The van der Waals surface area contributed by atoms with Crippen LogP contribution in [0.4, 0.5) is 6.01 Å². The molecule has 4 heteroatoms. The van der Waals surface area contributed by atoms with E-state index in [1.54, 1.807) is 0 Å². The molecule has 1 saturated heterocycles. The van der Waals surface area contributed by atoms with Crippen LogP contribution in [0.3, 0.4) is 0 Å². The van der Waals surface area contributed by atoms with E-state index >= 15 is 0 Å². The molecule has 2 heterocycles. The minimum atomic E-state index is -0.485. The van der Waals surface area contributed by atoms with Crippen molar-refractivity contribution < 1.29 is 9.52 Å². The standard InChI is InChI=1S/C13H14N2O2/c16-13(9-5-6-9)7-15(8-13)12-14-10-3-1-2-4-11(10)17-12/h1-4,9,16H,5-8H2. The van der Waals surface area contributed by atoms with Gasteiger partial charge in [-0.25, -0.2) is 0 Å². The van der Waals surface area contributed by atoms with Crippen molar-refractivity contribution in [2.24, 2.45) is 5.92 Å². The summed E-state index contributed by atoms with van der Waals surface area (Å²) in [6.45, 7) is 1.31. The summed E-state index contributed by atoms with van der Waals surface area (Å²) >= 11 is 0. The molecule has 1 aliphatic carbocycles. The first-order valence-electron chi connectivity index (χ1n) is 6.07. The Bertz CT molecular complexity index is 535. The van der Waals surface area contributed by atoms with Crippen molar-refractivity contribution in [3.8, 4) is 0 Å². The van der Waals surface area contributed by atoms with Crippen LogP contribution in [0.15, 0.2) is 28.7 Å². The maximum absolute atomic E-state index is 10.2. The van der Waals surface area contributed by atoms with Gasteiger partial charge < -0.3 is 14.4 Å². The molecule has 1 aliphatic heterocycles. The Labute approximate surface area is 98.9 Å². The van der Waals surface area contributed by atoms with Gasteiger partial charge >= 0.3 is 0 Å². The lowest BCUT2D eigenvalue weighted by Gasteiger charge is -2.46. The molecule has 0 unspecified atom stereocenters. The van der Waals surface area contributed by atoms with E-state index in [2.05, 4.69) is 4.98 Å². The van der Waals surface area contributed by atoms with Crippen LogP contribution in [-0.4, -0.2) is 28.8 Å². The van der Waals surface area contributed by atoms with E-state index in [0.717, 1.165) is 23.9 Å². The molecule has 0 atom stereocenters. The Morgan fingerprint density at radius 2 is 2.06 bits per heavy atom. The summed E-state index contributed by atoms with van der Waals surface area (Å²) in [5.74, 6) is 0.503. The number of β-amino-alcohol motifs (C(OH)–C–C–N with tert-alkyl or cyclic N) is 1. The summed E-state index contributed by atoms with van der Waals surface area (Å²) in [7, 11) is 0. The molecule has 1 N–H and O–H groups in total. The van der Waals surface area contributed by atoms with Gasteiger partial charge in [-0.1, -0.05) is 12.1 Å². The molecule has 0 radical (unpaired) electrons. The molecule has 1 aromatic carbocycles. The first-order chi connectivity index (χ1) is 8.24. The molecule has 0 spiro atoms. The predicted octanol–water partition coefficient (Wildman–Crippen LogP) is 1.79. The zero-order valence-electron chi connectivity index (χ0n) is 9.47. The lowest BCUT2D eigenvalue weighted by molar-refractivity contribution is -0.0118. The van der Waals surface area contributed by atoms with Gasteiger partial charge in [0.25, 0.3) is 6.01 Å². The molecule has 88 valence electrons. The van der Waals surface area contributed by atoms with Gasteiger partial charge in [0, 0.05) is 0 Å². The summed E-state index contributed by atoms with van der Waals surface area (Å²) in [4.78, 5) is 6.44. The lowest BCUT2D eigenvalue weighted by atomic mass is 9.89. The minimum Gasteiger partial charge on any atom is -0.423 e. The zero-order chi connectivity index (χ0) is 11.5. The number of aliphatic hydroxyl groups is 1. The minimum absolute atomic E-state index is 0.485. The first kappa shape index (κ1) is 9.48. The molecule has 2 aromatic rings. The predicted molar refractivity (Wildman–Crippen MR) is 63.9 cm³/mol. The fraction of sp³-hybridized carbons (Fsp3) is 0.462. The third-order valence-electron chi connectivity index (χ3n) is 3.82. The van der Waals surface area contributed by atoms with E-state index < -0.39 is 5.60 Å². The van der Waals surface area contributed by atoms with Crippen molar-refractivity contribution >= 4 is 17.1 Å². The van der Waals surface area contributed by atoms with Crippen molar-refractivity contribution in [2.45, 2.75) is 18.4 Å². The maximum Gasteiger partial charge on any atom is 0.298 e. The van der Waals surface area contributed by atoms with Crippen molar-refractivity contribution in [1.82, 2.24) is 4.98 Å². The third-order valence-corrected chi connectivity index (χ3v) is 3.82. The average Bonchev–Trinajstić information content (AvgIpc) is 3.04. The number of hydrogen-bond donors (Lipinski definition) is 1. The van der Waals surface area contributed by atoms with Crippen LogP contribution in [0.2, 0.25) is 0 Å². The molecule has 4 rings (SSSR count). The van der Waals surface area contributed by atoms with Crippen LogP contribution < -0.4 is 4.90 Å². The van der Waals surface area contributed by atoms with Crippen molar-refractivity contribution in [2.75, 3.05) is 18.0 Å². The van der Waals surface area contributed by atoms with Crippen molar-refractivity contribution in [1.29, 1.82) is 0 Å². The van der Waals surface area contributed by atoms with Gasteiger partial charge in [-0.15, -0.1) is 0 Å². The van der Waals surface area contributed by atoms with Gasteiger partial charge in [0.15, 0.2) is 5.58 Å². The van der Waals surface area contributed by atoms with Gasteiger partial charge in [-0.2, -0.15) is 4.98 Å². The molecule has 1 aromatic heterocycles. The number of para-hydroxylation sites is 2. The number of anilines is 1. The van der Waals surface area contributed by atoms with Crippen molar-refractivity contribution in [3.05, 3.63) is 24.3 Å². The van der Waals surface area contributed by atoms with Crippen LogP contribution in [0.25, 0.3) is 11.1 Å². The first-order valence-corrected chi connectivity index (χ1v) is 6.07. The van der Waals surface area contributed by atoms with Crippen LogP contribution in [-0.2, 0) is 0 Å². The third kappa shape index (κ3) is 1.37. The number of fused-ring (bicyclic) bond motifs is 1. The smallest absolute Gasteiger partial charge is 0.298 e. The molecule has 0 amide bonds. The topological polar surface area (TPSA) is 49.5 Å². The second-order valence-electron chi connectivity index (χ2n) is 5.20. The highest BCUT2D eigenvalue weighted by Crippen LogP contribution is 2.45. The summed E-state index contributed by atoms with van der Waals surface area (Å²) in [5, 5.41) is 10.2. The number of hydrogen-bond acceptors (Lipinski definition) is 4. The number of oxazole rings is 1. The Kier molecular flexibility index (Phi) is 1.68. The van der Waals surface area contributed by atoms with Gasteiger partial charge in [0.1, 0.15) is 11.1 Å². The van der Waals surface area contributed by atoms with Crippen LogP contribution >= 0.6 is 0 Å². The van der Waals surface area contributed by atoms with E-state index in [9.17, 15) is 5.11 Å². The fourth-order valence-corrected chi connectivity index (χ4v) is 2.62. The number of rotatable bonds is 2. The Morgan fingerprint density at radius 1 is 1.29 bits per heavy atom. The Hall–Kier alpha value is -1.55. The van der Waals surface area contributed by atoms with E-state index in [-0.39, 0.29) is 0 Å². The van der Waals surface area contributed by atoms with E-state index in [1.165, 1.54) is 0 Å². The largest absolute Gasteiger partial charge is 0.423 e. The van der Waals surface area contributed by atoms with E-state index in [1.807, 2.05) is 29.2 Å². The molecule has 2 fully saturated rings. The lowest BCUT2D eigenvalue weighted by Crippen LogP contribution is -2.63. The SMILES string of the molecule is OC1(C2CC2)CN(c2nc3ccccc3o2)C1. The Morgan fingerprint density at radius 3 is 2.76 bits per heavy atom. The number of benzene rings is 1. The van der Waals surface area contributed by atoms with E-state index in [4.69, 9.17) is 4.42 Å². The highest BCUT2D eigenvalue weighted by Gasteiger charge is 2.53. The summed E-state index contributed by atoms with van der Waals surface area (Å²) < 4.78 is 5.67. The second-order valence-corrected chi connectivity index (χ2v) is 5.20. The van der Waals surface area contributed by atoms with Crippen LogP contribution in [0.1, 0.15) is 12.8 Å². The molecule has 0 bridgehead atoms. The molecule has 17 heavy (non-hydrogen) atoms. The van der Waals surface area contributed by atoms with Crippen LogP contribution in [0, 0.1) is 5.92 Å². The van der Waals surface area contributed by atoms with E-state index in [0.29, 0.717) is 25.0 Å². The average molecular weight is 230 g/mol. The highest BCUT2D eigenvalue weighted by molar-refractivity contribution is 5.74. The molecule has 4 nitrogen and oxygen atoms in total. The van der Waals surface area contributed by atoms with Gasteiger partial charge in [-0.05, 0) is 30.9 Å².